The molecule has 1 radical (unpaired) electrons. The molecular formula is AlCrO9Si3. The molecule has 0 saturated heterocycles. The van der Waals surface area contributed by atoms with Crippen LogP contribution in [0.3, 0.4) is 0 Å². The van der Waals surface area contributed by atoms with Crippen LogP contribution >= 0.6 is 0 Å². The first-order valence-corrected chi connectivity index (χ1v) is 5.51. The molecule has 75 valence electrons. The second-order valence-corrected chi connectivity index (χ2v) is 2.25. The third kappa shape index (κ3) is 199000. The van der Waals surface area contributed by atoms with Gasteiger partial charge in [-0.05, 0) is 0 Å². The van der Waals surface area contributed by atoms with Gasteiger partial charge in [-0.1, -0.05) is 0 Å². The zero-order chi connectivity index (χ0) is 10.7. The zero-order valence-corrected chi connectivity index (χ0v) is 11.6. The molecule has 0 N–H and O–H groups in total. The maximum absolute atomic E-state index is 8.52. The molecule has 0 rings (SSSR count). The van der Waals surface area contributed by atoms with Gasteiger partial charge in [-0.15, -0.1) is 0 Å². The largest absolute Gasteiger partial charge is 3.00 e. The van der Waals surface area contributed by atoms with Crippen molar-refractivity contribution in [1.82, 2.24) is 0 Å². The van der Waals surface area contributed by atoms with Crippen LogP contribution < -0.4 is 28.8 Å². The summed E-state index contributed by atoms with van der Waals surface area (Å²) < 4.78 is 25.6. The predicted octanol–water partition coefficient (Wildman–Crippen LogP) is -9.02. The summed E-state index contributed by atoms with van der Waals surface area (Å²) in [6.45, 7) is 0. The number of hydrogen-bond acceptors (Lipinski definition) is 9. The Balaban J connectivity index is -0.0000000270. The van der Waals surface area contributed by atoms with Gasteiger partial charge in [-0.25, -0.2) is 0 Å². The molecule has 0 aromatic rings. The summed E-state index contributed by atoms with van der Waals surface area (Å²) in [6.07, 6.45) is 0. The van der Waals surface area contributed by atoms with Gasteiger partial charge in [-0.2, -0.15) is 0 Å². The number of rotatable bonds is 0. The van der Waals surface area contributed by atoms with Crippen molar-refractivity contribution in [2.45, 2.75) is 0 Å². The van der Waals surface area contributed by atoms with E-state index in [-0.39, 0.29) is 34.7 Å². The SMILES string of the molecule is O=[Si]([O-])[O-].O=[Si]([O-])[O-].O=[Si]([O-])[O-].[Al+3].[Cr+3]. The molecule has 14 heavy (non-hydrogen) atoms. The third-order valence-electron chi connectivity index (χ3n) is 0. The monoisotopic (exact) mass is 307 g/mol. The van der Waals surface area contributed by atoms with Crippen LogP contribution in [0.1, 0.15) is 0 Å². The summed E-state index contributed by atoms with van der Waals surface area (Å²) in [6, 6.07) is 0. The molecule has 0 aliphatic carbocycles. The minimum atomic E-state index is -3.63. The summed E-state index contributed by atoms with van der Waals surface area (Å²) in [5.41, 5.74) is 0. The van der Waals surface area contributed by atoms with Crippen molar-refractivity contribution in [3.05, 3.63) is 0 Å². The van der Waals surface area contributed by atoms with E-state index in [1.54, 1.807) is 0 Å². The molecule has 0 saturated carbocycles. The van der Waals surface area contributed by atoms with Crippen LogP contribution in [0, 0.1) is 0 Å². The molecule has 0 amide bonds. The Bertz CT molecular complexity index is 118. The fourth-order valence-electron chi connectivity index (χ4n) is 0. The minimum Gasteiger partial charge on any atom is -0.672 e. The first-order valence-electron chi connectivity index (χ1n) is 1.84. The standard InChI is InChI=1S/Al.Cr.3O3Si/c;;3*1-4(2)3/q2*+3;3*-2. The Labute approximate surface area is 104 Å². The average Bonchev–Trinajstić information content (AvgIpc) is 1.54. The second kappa shape index (κ2) is 23.1. The Morgan fingerprint density at radius 2 is 0.571 bits per heavy atom. The maximum Gasteiger partial charge on any atom is 3.00 e. The zero-order valence-electron chi connectivity index (χ0n) is 6.16. The molecular weight excluding hydrogens is 307 g/mol. The van der Waals surface area contributed by atoms with Gasteiger partial charge in [0.15, 0.2) is 0 Å². The van der Waals surface area contributed by atoms with Crippen molar-refractivity contribution >= 4 is 44.9 Å². The van der Waals surface area contributed by atoms with E-state index in [1.807, 2.05) is 0 Å². The van der Waals surface area contributed by atoms with E-state index in [0.717, 1.165) is 0 Å². The molecule has 0 aromatic heterocycles. The molecule has 0 unspecified atom stereocenters. The van der Waals surface area contributed by atoms with Crippen molar-refractivity contribution in [2.75, 3.05) is 0 Å². The quantitative estimate of drug-likeness (QED) is 0.391. The summed E-state index contributed by atoms with van der Waals surface area (Å²) in [4.78, 5) is 51.1. The normalized spacial score (nSPS) is 5.14. The molecule has 0 fully saturated rings. The summed E-state index contributed by atoms with van der Waals surface area (Å²) >= 11 is 0. The van der Waals surface area contributed by atoms with Gasteiger partial charge in [0.25, 0.3) is 0 Å². The minimum absolute atomic E-state index is 0. The molecule has 0 aliphatic rings. The van der Waals surface area contributed by atoms with E-state index in [2.05, 4.69) is 0 Å². The van der Waals surface area contributed by atoms with Crippen LogP contribution in [0.15, 0.2) is 0 Å². The van der Waals surface area contributed by atoms with Gasteiger partial charge >= 0.3 is 34.7 Å². The van der Waals surface area contributed by atoms with Crippen molar-refractivity contribution in [1.29, 1.82) is 0 Å². The molecule has 0 aliphatic heterocycles. The van der Waals surface area contributed by atoms with Gasteiger partial charge in [0.2, 0.25) is 0 Å². The van der Waals surface area contributed by atoms with Crippen molar-refractivity contribution in [3.63, 3.8) is 0 Å². The summed E-state index contributed by atoms with van der Waals surface area (Å²) in [7, 11) is -10.9. The van der Waals surface area contributed by atoms with Crippen LogP contribution in [0.4, 0.5) is 0 Å². The number of hydrogen-bond donors (Lipinski definition) is 0. The molecule has 0 atom stereocenters. The first kappa shape index (κ1) is 29.2. The van der Waals surface area contributed by atoms with Crippen molar-refractivity contribution < 1.29 is 59.5 Å². The summed E-state index contributed by atoms with van der Waals surface area (Å²) in [5.74, 6) is 0. The smallest absolute Gasteiger partial charge is 0.672 e. The van der Waals surface area contributed by atoms with Crippen LogP contribution in [-0.4, -0.2) is 44.9 Å². The van der Waals surface area contributed by atoms with Crippen LogP contribution in [0.2, 0.25) is 0 Å². The van der Waals surface area contributed by atoms with Gasteiger partial charge in [0.05, 0.1) is 0 Å². The molecule has 14 heteroatoms. The van der Waals surface area contributed by atoms with E-state index >= 15 is 0 Å². The van der Waals surface area contributed by atoms with Crippen LogP contribution in [0.5, 0.6) is 0 Å². The van der Waals surface area contributed by atoms with Crippen molar-refractivity contribution in [2.24, 2.45) is 0 Å². The van der Waals surface area contributed by atoms with E-state index in [0.29, 0.717) is 0 Å². The van der Waals surface area contributed by atoms with Gasteiger partial charge < -0.3 is 42.2 Å². The topological polar surface area (TPSA) is 190 Å². The molecule has 0 aromatic carbocycles. The van der Waals surface area contributed by atoms with Crippen molar-refractivity contribution in [3.8, 4) is 0 Å². The van der Waals surface area contributed by atoms with Gasteiger partial charge in [0, 0.05) is 27.5 Å². The maximum atomic E-state index is 8.52. The second-order valence-electron chi connectivity index (χ2n) is 0.750. The Morgan fingerprint density at radius 1 is 0.571 bits per heavy atom. The van der Waals surface area contributed by atoms with E-state index < -0.39 is 27.5 Å². The first-order chi connectivity index (χ1) is 5.20. The van der Waals surface area contributed by atoms with Crippen LogP contribution in [0.25, 0.3) is 0 Å². The van der Waals surface area contributed by atoms with E-state index in [9.17, 15) is 0 Å². The van der Waals surface area contributed by atoms with Gasteiger partial charge in [-0.3, -0.25) is 0 Å². The Kier molecular flexibility index (Phi) is 48.1. The predicted molar refractivity (Wildman–Crippen MR) is 25.1 cm³/mol. The fourth-order valence-corrected chi connectivity index (χ4v) is 0. The average molecular weight is 307 g/mol. The third-order valence-corrected chi connectivity index (χ3v) is 0. The van der Waals surface area contributed by atoms with E-state index in [1.165, 1.54) is 0 Å². The molecule has 0 heterocycles. The molecule has 0 spiro atoms. The Morgan fingerprint density at radius 3 is 0.571 bits per heavy atom. The molecule has 9 nitrogen and oxygen atoms in total. The van der Waals surface area contributed by atoms with Gasteiger partial charge in [0.1, 0.15) is 0 Å². The van der Waals surface area contributed by atoms with Crippen LogP contribution in [-0.2, 0) is 30.7 Å². The fraction of sp³-hybridized carbons (Fsp3) is 0. The van der Waals surface area contributed by atoms with E-state index in [4.69, 9.17) is 42.2 Å². The summed E-state index contributed by atoms with van der Waals surface area (Å²) in [5, 5.41) is 0. The molecule has 0 bridgehead atoms. The Hall–Kier alpha value is -0.0844.